The van der Waals surface area contributed by atoms with Crippen LogP contribution in [0.15, 0.2) is 48.9 Å². The third kappa shape index (κ3) is 2.42. The second-order valence-corrected chi connectivity index (χ2v) is 6.32. The van der Waals surface area contributed by atoms with E-state index >= 15 is 0 Å². The first kappa shape index (κ1) is 13.5. The van der Waals surface area contributed by atoms with Crippen LogP contribution in [0.5, 0.6) is 0 Å². The Bertz CT molecular complexity index is 768. The lowest BCUT2D eigenvalue weighted by Crippen LogP contribution is -2.29. The summed E-state index contributed by atoms with van der Waals surface area (Å²) >= 11 is 0. The molecular weight excluding hydrogens is 270 g/mol. The van der Waals surface area contributed by atoms with E-state index < -0.39 is 0 Å². The van der Waals surface area contributed by atoms with Gasteiger partial charge in [0.15, 0.2) is 0 Å². The smallest absolute Gasteiger partial charge is 0.0457 e. The molecule has 1 N–H and O–H groups in total. The highest BCUT2D eigenvalue weighted by Crippen LogP contribution is 2.34. The van der Waals surface area contributed by atoms with Gasteiger partial charge in [-0.15, -0.1) is 0 Å². The van der Waals surface area contributed by atoms with E-state index in [9.17, 15) is 0 Å². The molecule has 1 aliphatic rings. The summed E-state index contributed by atoms with van der Waals surface area (Å²) < 4.78 is 0. The molecule has 1 aliphatic heterocycles. The molecule has 0 unspecified atom stereocenters. The normalized spacial score (nSPS) is 17.1. The van der Waals surface area contributed by atoms with Gasteiger partial charge in [0.1, 0.15) is 0 Å². The van der Waals surface area contributed by atoms with Crippen LogP contribution < -0.4 is 0 Å². The van der Waals surface area contributed by atoms with E-state index in [0.29, 0.717) is 5.92 Å². The van der Waals surface area contributed by atoms with Gasteiger partial charge < -0.3 is 9.88 Å². The molecule has 0 aliphatic carbocycles. The molecule has 3 heteroatoms. The first-order valence-electron chi connectivity index (χ1n) is 8.01. The topological polar surface area (TPSA) is 31.9 Å². The number of likely N-dealkylation sites (tertiary alicyclic amines) is 1. The van der Waals surface area contributed by atoms with E-state index in [2.05, 4.69) is 52.4 Å². The maximum atomic E-state index is 4.24. The molecule has 2 aromatic heterocycles. The highest BCUT2D eigenvalue weighted by Gasteiger charge is 2.21. The summed E-state index contributed by atoms with van der Waals surface area (Å²) in [7, 11) is 2.21. The Morgan fingerprint density at radius 2 is 2.00 bits per heavy atom. The average molecular weight is 291 g/mol. The van der Waals surface area contributed by atoms with Crippen LogP contribution in [0.1, 0.15) is 24.3 Å². The fourth-order valence-corrected chi connectivity index (χ4v) is 3.51. The minimum absolute atomic E-state index is 0.675. The maximum absolute atomic E-state index is 4.24. The summed E-state index contributed by atoms with van der Waals surface area (Å²) in [6.45, 7) is 2.39. The Morgan fingerprint density at radius 1 is 1.14 bits per heavy atom. The lowest BCUT2D eigenvalue weighted by molar-refractivity contribution is 0.256. The van der Waals surface area contributed by atoms with Crippen molar-refractivity contribution >= 4 is 10.9 Å². The minimum atomic E-state index is 0.675. The first-order valence-corrected chi connectivity index (χ1v) is 8.01. The second kappa shape index (κ2) is 5.58. The SMILES string of the molecule is CN1CCC(c2c[nH]c3ccc(-c4cccnc4)cc23)CC1. The molecule has 0 radical (unpaired) electrons. The van der Waals surface area contributed by atoms with Gasteiger partial charge in [0.2, 0.25) is 0 Å². The number of rotatable bonds is 2. The van der Waals surface area contributed by atoms with Gasteiger partial charge in [0, 0.05) is 35.1 Å². The zero-order valence-corrected chi connectivity index (χ0v) is 12.9. The van der Waals surface area contributed by atoms with E-state index in [1.54, 1.807) is 0 Å². The Morgan fingerprint density at radius 3 is 2.77 bits per heavy atom. The summed E-state index contributed by atoms with van der Waals surface area (Å²) in [6.07, 6.45) is 8.47. The number of pyridine rings is 1. The van der Waals surface area contributed by atoms with E-state index in [0.717, 1.165) is 0 Å². The summed E-state index contributed by atoms with van der Waals surface area (Å²) in [5.41, 5.74) is 5.14. The second-order valence-electron chi connectivity index (χ2n) is 6.32. The molecule has 0 saturated carbocycles. The molecular formula is C19H21N3. The molecule has 0 amide bonds. The number of nitrogens with zero attached hydrogens (tertiary/aromatic N) is 2. The molecule has 3 nitrogen and oxygen atoms in total. The van der Waals surface area contributed by atoms with Gasteiger partial charge in [0.05, 0.1) is 0 Å². The number of hydrogen-bond donors (Lipinski definition) is 1. The van der Waals surface area contributed by atoms with Crippen LogP contribution in [0.4, 0.5) is 0 Å². The average Bonchev–Trinajstić information content (AvgIpc) is 2.99. The van der Waals surface area contributed by atoms with Crippen LogP contribution in [0.3, 0.4) is 0 Å². The molecule has 4 rings (SSSR count). The van der Waals surface area contributed by atoms with Gasteiger partial charge in [-0.2, -0.15) is 0 Å². The summed E-state index contributed by atoms with van der Waals surface area (Å²) in [5.74, 6) is 0.675. The molecule has 0 bridgehead atoms. The highest BCUT2D eigenvalue weighted by molar-refractivity contribution is 5.88. The quantitative estimate of drug-likeness (QED) is 0.772. The van der Waals surface area contributed by atoms with Crippen LogP contribution in [0.2, 0.25) is 0 Å². The molecule has 3 heterocycles. The zero-order chi connectivity index (χ0) is 14.9. The predicted molar refractivity (Wildman–Crippen MR) is 91.0 cm³/mol. The Hall–Kier alpha value is -2.13. The van der Waals surface area contributed by atoms with Crippen molar-refractivity contribution < 1.29 is 0 Å². The standard InChI is InChI=1S/C19H21N3/c1-22-9-6-14(7-10-22)18-13-21-19-5-4-15(11-17(18)19)16-3-2-8-20-12-16/h2-5,8,11-14,21H,6-7,9-10H2,1H3. The molecule has 112 valence electrons. The fourth-order valence-electron chi connectivity index (χ4n) is 3.51. The number of hydrogen-bond acceptors (Lipinski definition) is 2. The molecule has 1 fully saturated rings. The third-order valence-corrected chi connectivity index (χ3v) is 4.87. The van der Waals surface area contributed by atoms with Crippen LogP contribution in [-0.2, 0) is 0 Å². The van der Waals surface area contributed by atoms with Crippen molar-refractivity contribution in [3.63, 3.8) is 0 Å². The largest absolute Gasteiger partial charge is 0.361 e. The minimum Gasteiger partial charge on any atom is -0.361 e. The molecule has 0 atom stereocenters. The van der Waals surface area contributed by atoms with Crippen molar-refractivity contribution in [1.29, 1.82) is 0 Å². The van der Waals surface area contributed by atoms with Crippen LogP contribution in [-0.4, -0.2) is 35.0 Å². The summed E-state index contributed by atoms with van der Waals surface area (Å²) in [4.78, 5) is 10.1. The van der Waals surface area contributed by atoms with Crippen molar-refractivity contribution in [1.82, 2.24) is 14.9 Å². The van der Waals surface area contributed by atoms with Gasteiger partial charge in [-0.3, -0.25) is 4.98 Å². The van der Waals surface area contributed by atoms with E-state index in [-0.39, 0.29) is 0 Å². The number of fused-ring (bicyclic) bond motifs is 1. The summed E-state index contributed by atoms with van der Waals surface area (Å²) in [6, 6.07) is 10.8. The molecule has 3 aromatic rings. The number of piperidine rings is 1. The van der Waals surface area contributed by atoms with Crippen molar-refractivity contribution in [2.24, 2.45) is 0 Å². The fraction of sp³-hybridized carbons (Fsp3) is 0.316. The van der Waals surface area contributed by atoms with Crippen molar-refractivity contribution in [2.45, 2.75) is 18.8 Å². The van der Waals surface area contributed by atoms with Gasteiger partial charge in [0.25, 0.3) is 0 Å². The Balaban J connectivity index is 1.74. The number of aromatic nitrogens is 2. The van der Waals surface area contributed by atoms with Crippen LogP contribution in [0.25, 0.3) is 22.0 Å². The van der Waals surface area contributed by atoms with Gasteiger partial charge in [-0.25, -0.2) is 0 Å². The highest BCUT2D eigenvalue weighted by atomic mass is 15.1. The van der Waals surface area contributed by atoms with Crippen LogP contribution in [0, 0.1) is 0 Å². The monoisotopic (exact) mass is 291 g/mol. The van der Waals surface area contributed by atoms with Gasteiger partial charge >= 0.3 is 0 Å². The van der Waals surface area contributed by atoms with E-state index in [1.807, 2.05) is 18.5 Å². The van der Waals surface area contributed by atoms with Crippen molar-refractivity contribution in [3.05, 3.63) is 54.5 Å². The third-order valence-electron chi connectivity index (χ3n) is 4.87. The van der Waals surface area contributed by atoms with Crippen LogP contribution >= 0.6 is 0 Å². The number of H-pyrrole nitrogens is 1. The number of aromatic amines is 1. The van der Waals surface area contributed by atoms with Crippen molar-refractivity contribution in [2.75, 3.05) is 20.1 Å². The van der Waals surface area contributed by atoms with Gasteiger partial charge in [-0.05, 0) is 68.2 Å². The van der Waals surface area contributed by atoms with Gasteiger partial charge in [-0.1, -0.05) is 12.1 Å². The van der Waals surface area contributed by atoms with E-state index in [1.165, 1.54) is 53.5 Å². The van der Waals surface area contributed by atoms with E-state index in [4.69, 9.17) is 0 Å². The van der Waals surface area contributed by atoms with Crippen molar-refractivity contribution in [3.8, 4) is 11.1 Å². The number of nitrogens with one attached hydrogen (secondary N) is 1. The molecule has 1 saturated heterocycles. The molecule has 0 spiro atoms. The summed E-state index contributed by atoms with van der Waals surface area (Å²) in [5, 5.41) is 1.37. The first-order chi connectivity index (χ1) is 10.8. The Labute approximate surface area is 131 Å². The molecule has 22 heavy (non-hydrogen) atoms. The lowest BCUT2D eigenvalue weighted by atomic mass is 9.89. The predicted octanol–water partition coefficient (Wildman–Crippen LogP) is 4.04. The lowest BCUT2D eigenvalue weighted by Gasteiger charge is -2.28. The zero-order valence-electron chi connectivity index (χ0n) is 12.9. The Kier molecular flexibility index (Phi) is 3.43. The number of benzene rings is 1. The molecule has 1 aromatic carbocycles. The maximum Gasteiger partial charge on any atom is 0.0457 e.